The van der Waals surface area contributed by atoms with Crippen LogP contribution in [0.4, 0.5) is 4.39 Å². The zero-order valence-electron chi connectivity index (χ0n) is 18.8. The number of aromatic nitrogens is 2. The standard InChI is InChI=1S/C25H22ClFN2O4S/c1-4-22(30)33-25(2,3)13-32-20-10-9-17(11-18(20)27)29-14-28-19-12-21(34-23(19)24(29)31)15-5-7-16(26)8-6-15/h5-12,14H,4,13H2,1-3H3. The minimum absolute atomic E-state index is 0.00685. The molecule has 0 amide bonds. The van der Waals surface area contributed by atoms with Gasteiger partial charge in [0, 0.05) is 22.4 Å². The van der Waals surface area contributed by atoms with Gasteiger partial charge in [-0.1, -0.05) is 30.7 Å². The van der Waals surface area contributed by atoms with E-state index >= 15 is 0 Å². The van der Waals surface area contributed by atoms with Gasteiger partial charge in [0.05, 0.1) is 11.2 Å². The van der Waals surface area contributed by atoms with Gasteiger partial charge in [0.2, 0.25) is 0 Å². The number of ether oxygens (including phenoxy) is 2. The Balaban J connectivity index is 1.59. The summed E-state index contributed by atoms with van der Waals surface area (Å²) in [6, 6.07) is 13.4. The van der Waals surface area contributed by atoms with Crippen LogP contribution in [-0.4, -0.2) is 27.7 Å². The zero-order valence-corrected chi connectivity index (χ0v) is 20.4. The third-order valence-electron chi connectivity index (χ3n) is 5.01. The number of carbonyl (C=O) groups is 1. The number of thiophene rings is 1. The Morgan fingerprint density at radius 3 is 2.59 bits per heavy atom. The van der Waals surface area contributed by atoms with Gasteiger partial charge in [-0.2, -0.15) is 0 Å². The average Bonchev–Trinajstić information content (AvgIpc) is 3.24. The molecular formula is C25H22ClFN2O4S. The molecule has 176 valence electrons. The van der Waals surface area contributed by atoms with Gasteiger partial charge in [0.25, 0.3) is 5.56 Å². The van der Waals surface area contributed by atoms with Crippen LogP contribution in [-0.2, 0) is 9.53 Å². The van der Waals surface area contributed by atoms with Crippen molar-refractivity contribution in [2.45, 2.75) is 32.8 Å². The number of hydrogen-bond acceptors (Lipinski definition) is 6. The average molecular weight is 501 g/mol. The highest BCUT2D eigenvalue weighted by Gasteiger charge is 2.24. The fourth-order valence-electron chi connectivity index (χ4n) is 3.27. The number of nitrogens with zero attached hydrogens (tertiary/aromatic N) is 2. The Kier molecular flexibility index (Phi) is 6.72. The highest BCUT2D eigenvalue weighted by Crippen LogP contribution is 2.32. The molecule has 2 aromatic heterocycles. The van der Waals surface area contributed by atoms with E-state index in [1.54, 1.807) is 39.0 Å². The summed E-state index contributed by atoms with van der Waals surface area (Å²) in [4.78, 5) is 29.9. The first kappa shape index (κ1) is 23.9. The summed E-state index contributed by atoms with van der Waals surface area (Å²) >= 11 is 7.28. The summed E-state index contributed by atoms with van der Waals surface area (Å²) < 4.78 is 27.4. The maximum atomic E-state index is 14.8. The lowest BCUT2D eigenvalue weighted by molar-refractivity contribution is -0.158. The van der Waals surface area contributed by atoms with E-state index in [0.717, 1.165) is 10.4 Å². The van der Waals surface area contributed by atoms with Gasteiger partial charge in [-0.05, 0) is 49.7 Å². The number of carbonyl (C=O) groups excluding carboxylic acids is 1. The van der Waals surface area contributed by atoms with Gasteiger partial charge in [0.1, 0.15) is 23.2 Å². The first-order chi connectivity index (χ1) is 16.2. The second-order valence-electron chi connectivity index (χ2n) is 8.24. The quantitative estimate of drug-likeness (QED) is 0.290. The van der Waals surface area contributed by atoms with Gasteiger partial charge < -0.3 is 9.47 Å². The second-order valence-corrected chi connectivity index (χ2v) is 9.73. The molecule has 2 heterocycles. The Morgan fingerprint density at radius 1 is 1.18 bits per heavy atom. The molecule has 2 aromatic carbocycles. The van der Waals surface area contributed by atoms with Crippen LogP contribution >= 0.6 is 22.9 Å². The monoisotopic (exact) mass is 500 g/mol. The molecule has 0 N–H and O–H groups in total. The number of fused-ring (bicyclic) bond motifs is 1. The van der Waals surface area contributed by atoms with E-state index in [1.807, 2.05) is 18.2 Å². The summed E-state index contributed by atoms with van der Waals surface area (Å²) in [5, 5.41) is 0.630. The molecule has 0 saturated heterocycles. The van der Waals surface area contributed by atoms with Gasteiger partial charge in [-0.15, -0.1) is 11.3 Å². The lowest BCUT2D eigenvalue weighted by Gasteiger charge is -2.25. The molecule has 0 fully saturated rings. The minimum Gasteiger partial charge on any atom is -0.486 e. The van der Waals surface area contributed by atoms with Crippen molar-refractivity contribution in [1.82, 2.24) is 9.55 Å². The Labute approximate surface area is 204 Å². The number of benzene rings is 2. The van der Waals surface area contributed by atoms with E-state index in [0.29, 0.717) is 20.9 Å². The van der Waals surface area contributed by atoms with Crippen LogP contribution in [0.25, 0.3) is 26.3 Å². The van der Waals surface area contributed by atoms with Crippen molar-refractivity contribution in [3.05, 3.63) is 76.1 Å². The van der Waals surface area contributed by atoms with Gasteiger partial charge >= 0.3 is 5.97 Å². The van der Waals surface area contributed by atoms with Crippen molar-refractivity contribution in [2.24, 2.45) is 0 Å². The lowest BCUT2D eigenvalue weighted by Crippen LogP contribution is -2.34. The SMILES string of the molecule is CCC(=O)OC(C)(C)COc1ccc(-n2cnc3cc(-c4ccc(Cl)cc4)sc3c2=O)cc1F. The third kappa shape index (κ3) is 5.13. The molecule has 0 aliphatic heterocycles. The summed E-state index contributed by atoms with van der Waals surface area (Å²) in [5.41, 5.74) is 0.614. The van der Waals surface area contributed by atoms with E-state index in [-0.39, 0.29) is 30.3 Å². The van der Waals surface area contributed by atoms with Crippen molar-refractivity contribution in [2.75, 3.05) is 6.61 Å². The first-order valence-corrected chi connectivity index (χ1v) is 11.8. The highest BCUT2D eigenvalue weighted by molar-refractivity contribution is 7.22. The molecule has 0 atom stereocenters. The molecule has 0 unspecified atom stereocenters. The fourth-order valence-corrected chi connectivity index (χ4v) is 4.44. The predicted octanol–water partition coefficient (Wildman–Crippen LogP) is 6.02. The summed E-state index contributed by atoms with van der Waals surface area (Å²) in [5.74, 6) is -1.01. The van der Waals surface area contributed by atoms with Gasteiger partial charge in [-0.25, -0.2) is 9.37 Å². The van der Waals surface area contributed by atoms with Crippen LogP contribution in [0.15, 0.2) is 59.7 Å². The van der Waals surface area contributed by atoms with Crippen molar-refractivity contribution in [3.8, 4) is 21.9 Å². The van der Waals surface area contributed by atoms with Crippen molar-refractivity contribution < 1.29 is 18.7 Å². The maximum absolute atomic E-state index is 14.8. The smallest absolute Gasteiger partial charge is 0.306 e. The van der Waals surface area contributed by atoms with Crippen LogP contribution in [0.1, 0.15) is 27.2 Å². The summed E-state index contributed by atoms with van der Waals surface area (Å²) in [6.07, 6.45) is 1.62. The topological polar surface area (TPSA) is 70.4 Å². The molecule has 0 radical (unpaired) electrons. The Bertz CT molecular complexity index is 1410. The number of esters is 1. The number of rotatable bonds is 7. The molecule has 0 bridgehead atoms. The summed E-state index contributed by atoms with van der Waals surface area (Å²) in [6.45, 7) is 5.05. The van der Waals surface area contributed by atoms with E-state index < -0.39 is 11.4 Å². The number of hydrogen-bond donors (Lipinski definition) is 0. The molecule has 0 aliphatic rings. The number of halogens is 2. The maximum Gasteiger partial charge on any atom is 0.306 e. The van der Waals surface area contributed by atoms with Crippen LogP contribution in [0, 0.1) is 5.82 Å². The normalized spacial score (nSPS) is 11.6. The first-order valence-electron chi connectivity index (χ1n) is 10.6. The molecule has 0 saturated carbocycles. The zero-order chi connectivity index (χ0) is 24.5. The molecule has 4 aromatic rings. The van der Waals surface area contributed by atoms with E-state index in [9.17, 15) is 14.0 Å². The van der Waals surface area contributed by atoms with Crippen LogP contribution in [0.2, 0.25) is 5.02 Å². The molecular weight excluding hydrogens is 479 g/mol. The highest BCUT2D eigenvalue weighted by atomic mass is 35.5. The third-order valence-corrected chi connectivity index (χ3v) is 6.43. The molecule has 0 aliphatic carbocycles. The molecule has 0 spiro atoms. The van der Waals surface area contributed by atoms with Crippen molar-refractivity contribution in [1.29, 1.82) is 0 Å². The van der Waals surface area contributed by atoms with Crippen molar-refractivity contribution >= 4 is 39.1 Å². The fraction of sp³-hybridized carbons (Fsp3) is 0.240. The van der Waals surface area contributed by atoms with Gasteiger partial charge in [-0.3, -0.25) is 14.2 Å². The van der Waals surface area contributed by atoms with Crippen LogP contribution in [0.3, 0.4) is 0 Å². The molecule has 4 rings (SSSR count). The van der Waals surface area contributed by atoms with E-state index in [1.165, 1.54) is 34.4 Å². The second kappa shape index (κ2) is 9.56. The Morgan fingerprint density at radius 2 is 1.91 bits per heavy atom. The van der Waals surface area contributed by atoms with Crippen LogP contribution < -0.4 is 10.3 Å². The van der Waals surface area contributed by atoms with Crippen LogP contribution in [0.5, 0.6) is 5.75 Å². The molecule has 6 nitrogen and oxygen atoms in total. The van der Waals surface area contributed by atoms with E-state index in [4.69, 9.17) is 21.1 Å². The Hall–Kier alpha value is -3.23. The molecule has 34 heavy (non-hydrogen) atoms. The largest absolute Gasteiger partial charge is 0.486 e. The van der Waals surface area contributed by atoms with Gasteiger partial charge in [0.15, 0.2) is 11.6 Å². The van der Waals surface area contributed by atoms with E-state index in [2.05, 4.69) is 4.98 Å². The lowest BCUT2D eigenvalue weighted by atomic mass is 10.1. The summed E-state index contributed by atoms with van der Waals surface area (Å²) in [7, 11) is 0. The minimum atomic E-state index is -0.912. The molecule has 9 heteroatoms. The van der Waals surface area contributed by atoms with Crippen molar-refractivity contribution in [3.63, 3.8) is 0 Å². The predicted molar refractivity (Wildman–Crippen MR) is 132 cm³/mol.